The van der Waals surface area contributed by atoms with E-state index in [1.807, 2.05) is 0 Å². The predicted molar refractivity (Wildman–Crippen MR) is 59.6 cm³/mol. The summed E-state index contributed by atoms with van der Waals surface area (Å²) in [6.07, 6.45) is 4.12. The van der Waals surface area contributed by atoms with E-state index in [4.69, 9.17) is 16.7 Å². The second kappa shape index (κ2) is 4.41. The fraction of sp³-hybridized carbons (Fsp3) is 0.364. The van der Waals surface area contributed by atoms with Crippen molar-refractivity contribution < 1.29 is 9.90 Å². The number of allylic oxidation sites excluding steroid dienone is 2. The van der Waals surface area contributed by atoms with E-state index in [1.54, 1.807) is 32.1 Å². The first-order valence-corrected chi connectivity index (χ1v) is 4.85. The van der Waals surface area contributed by atoms with Crippen molar-refractivity contribution in [2.75, 3.05) is 0 Å². The van der Waals surface area contributed by atoms with Crippen LogP contribution in [0.15, 0.2) is 23.3 Å². The molecule has 0 bridgehead atoms. The van der Waals surface area contributed by atoms with E-state index in [0.29, 0.717) is 5.03 Å². The summed E-state index contributed by atoms with van der Waals surface area (Å²) in [6, 6.07) is 0. The minimum absolute atomic E-state index is 0.328. The zero-order valence-corrected chi connectivity index (χ0v) is 9.30. The Kier molecular flexibility index (Phi) is 3.43. The molecule has 3 nitrogen and oxygen atoms in total. The first-order chi connectivity index (χ1) is 6.99. The van der Waals surface area contributed by atoms with E-state index in [1.165, 1.54) is 0 Å². The van der Waals surface area contributed by atoms with Crippen molar-refractivity contribution in [3.63, 3.8) is 0 Å². The first-order valence-electron chi connectivity index (χ1n) is 4.48. The van der Waals surface area contributed by atoms with Crippen molar-refractivity contribution >= 4 is 17.7 Å². The molecular formula is C11H12ClNO2. The lowest BCUT2D eigenvalue weighted by Gasteiger charge is -2.33. The highest BCUT2D eigenvalue weighted by molar-refractivity contribution is 6.30. The summed E-state index contributed by atoms with van der Waals surface area (Å²) in [5.41, 5.74) is -0.763. The quantitative estimate of drug-likeness (QED) is 0.673. The highest BCUT2D eigenvalue weighted by atomic mass is 35.5. The predicted octanol–water partition coefficient (Wildman–Crippen LogP) is 2.34. The molecule has 1 amide bonds. The van der Waals surface area contributed by atoms with E-state index >= 15 is 0 Å². The average molecular weight is 226 g/mol. The van der Waals surface area contributed by atoms with Crippen LogP contribution in [0.1, 0.15) is 13.8 Å². The third-order valence-electron chi connectivity index (χ3n) is 2.24. The number of rotatable bonds is 1. The Bertz CT molecular complexity index is 389. The van der Waals surface area contributed by atoms with Crippen LogP contribution in [0, 0.1) is 17.8 Å². The molecule has 4 heteroatoms. The summed E-state index contributed by atoms with van der Waals surface area (Å²) < 4.78 is 0. The molecule has 0 aromatic rings. The van der Waals surface area contributed by atoms with Gasteiger partial charge in [0.15, 0.2) is 0 Å². The fourth-order valence-electron chi connectivity index (χ4n) is 1.53. The summed E-state index contributed by atoms with van der Waals surface area (Å²) >= 11 is 6.00. The van der Waals surface area contributed by atoms with Gasteiger partial charge < -0.3 is 10.4 Å². The van der Waals surface area contributed by atoms with E-state index in [9.17, 15) is 4.79 Å². The van der Waals surface area contributed by atoms with E-state index in [2.05, 4.69) is 17.2 Å². The molecule has 15 heavy (non-hydrogen) atoms. The molecule has 0 heterocycles. The summed E-state index contributed by atoms with van der Waals surface area (Å²) in [4.78, 5) is 10.7. The summed E-state index contributed by atoms with van der Waals surface area (Å²) in [7, 11) is 0. The molecule has 2 N–H and O–H groups in total. The van der Waals surface area contributed by atoms with Gasteiger partial charge in [-0.05, 0) is 19.9 Å². The Balaban J connectivity index is 3.04. The monoisotopic (exact) mass is 225 g/mol. The van der Waals surface area contributed by atoms with Gasteiger partial charge in [0.05, 0.1) is 11.5 Å². The highest BCUT2D eigenvalue weighted by Gasteiger charge is 2.35. The zero-order chi connectivity index (χ0) is 11.5. The number of hydrogen-bond acceptors (Lipinski definition) is 1. The average Bonchev–Trinajstić information content (AvgIpc) is 2.10. The van der Waals surface area contributed by atoms with Crippen molar-refractivity contribution in [1.29, 1.82) is 0 Å². The van der Waals surface area contributed by atoms with Crippen molar-refractivity contribution in [3.8, 4) is 11.8 Å². The maximum atomic E-state index is 10.7. The molecule has 80 valence electrons. The van der Waals surface area contributed by atoms with Crippen LogP contribution < -0.4 is 5.32 Å². The molecule has 0 fully saturated rings. The molecule has 0 radical (unpaired) electrons. The van der Waals surface area contributed by atoms with Gasteiger partial charge in [0.2, 0.25) is 0 Å². The van der Waals surface area contributed by atoms with E-state index in [-0.39, 0.29) is 5.92 Å². The van der Waals surface area contributed by atoms with Crippen LogP contribution in [-0.4, -0.2) is 16.7 Å². The van der Waals surface area contributed by atoms with Gasteiger partial charge in [-0.25, -0.2) is 4.79 Å². The molecule has 0 spiro atoms. The molecule has 0 aromatic carbocycles. The highest BCUT2D eigenvalue weighted by Crippen LogP contribution is 2.31. The second-order valence-electron chi connectivity index (χ2n) is 3.45. The maximum absolute atomic E-state index is 10.7. The van der Waals surface area contributed by atoms with Crippen LogP contribution in [0.25, 0.3) is 0 Å². The molecule has 0 saturated heterocycles. The molecule has 0 aliphatic heterocycles. The zero-order valence-electron chi connectivity index (χ0n) is 8.54. The van der Waals surface area contributed by atoms with Crippen LogP contribution >= 0.6 is 11.6 Å². The smallest absolute Gasteiger partial charge is 0.405 e. The number of carboxylic acid groups (broad SMARTS) is 1. The van der Waals surface area contributed by atoms with E-state index < -0.39 is 11.6 Å². The summed E-state index contributed by atoms with van der Waals surface area (Å²) in [5.74, 6) is 5.33. The Morgan fingerprint density at radius 3 is 2.93 bits per heavy atom. The van der Waals surface area contributed by atoms with Gasteiger partial charge in [-0.2, -0.15) is 0 Å². The van der Waals surface area contributed by atoms with Crippen LogP contribution in [0.2, 0.25) is 0 Å². The van der Waals surface area contributed by atoms with Crippen LogP contribution in [0.3, 0.4) is 0 Å². The molecule has 1 aliphatic carbocycles. The summed E-state index contributed by atoms with van der Waals surface area (Å²) in [6.45, 7) is 3.45. The lowest BCUT2D eigenvalue weighted by molar-refractivity contribution is 0.182. The number of hydrogen-bond donors (Lipinski definition) is 2. The Labute approximate surface area is 93.8 Å². The Morgan fingerprint density at radius 1 is 1.73 bits per heavy atom. The number of nitrogens with one attached hydrogen (secondary N) is 1. The van der Waals surface area contributed by atoms with Gasteiger partial charge in [-0.3, -0.25) is 0 Å². The number of amides is 1. The summed E-state index contributed by atoms with van der Waals surface area (Å²) in [5, 5.41) is 11.7. The van der Waals surface area contributed by atoms with Gasteiger partial charge >= 0.3 is 6.09 Å². The molecular weight excluding hydrogens is 214 g/mol. The van der Waals surface area contributed by atoms with E-state index in [0.717, 1.165) is 0 Å². The fourth-order valence-corrected chi connectivity index (χ4v) is 1.88. The van der Waals surface area contributed by atoms with Crippen LogP contribution in [0.4, 0.5) is 4.79 Å². The van der Waals surface area contributed by atoms with Gasteiger partial charge in [0.1, 0.15) is 0 Å². The van der Waals surface area contributed by atoms with Gasteiger partial charge in [-0.15, -0.1) is 5.92 Å². The van der Waals surface area contributed by atoms with Crippen LogP contribution in [-0.2, 0) is 0 Å². The molecule has 2 atom stereocenters. The molecule has 0 saturated carbocycles. The largest absolute Gasteiger partial charge is 0.465 e. The third-order valence-corrected chi connectivity index (χ3v) is 2.58. The SMILES string of the molecule is CC#CC1C(Cl)=CC=CC1(C)NC(=O)O. The minimum atomic E-state index is -1.09. The first kappa shape index (κ1) is 11.7. The minimum Gasteiger partial charge on any atom is -0.465 e. The van der Waals surface area contributed by atoms with Crippen molar-refractivity contribution in [2.45, 2.75) is 19.4 Å². The van der Waals surface area contributed by atoms with Crippen molar-refractivity contribution in [1.82, 2.24) is 5.32 Å². The molecule has 1 rings (SSSR count). The lowest BCUT2D eigenvalue weighted by atomic mass is 9.82. The second-order valence-corrected chi connectivity index (χ2v) is 3.89. The Hall–Kier alpha value is -1.40. The van der Waals surface area contributed by atoms with Crippen LogP contribution in [0.5, 0.6) is 0 Å². The molecule has 1 aliphatic rings. The lowest BCUT2D eigenvalue weighted by Crippen LogP contribution is -2.50. The van der Waals surface area contributed by atoms with Gasteiger partial charge in [-0.1, -0.05) is 29.7 Å². The standard InChI is InChI=1S/C11H12ClNO2/c1-3-5-8-9(12)6-4-7-11(8,2)13-10(14)15/h4,6-8,13H,1-2H3,(H,14,15). The molecule has 0 aromatic heterocycles. The topological polar surface area (TPSA) is 49.3 Å². The number of halogens is 1. The maximum Gasteiger partial charge on any atom is 0.405 e. The van der Waals surface area contributed by atoms with Crippen molar-refractivity contribution in [3.05, 3.63) is 23.3 Å². The Morgan fingerprint density at radius 2 is 2.40 bits per heavy atom. The third kappa shape index (κ3) is 2.54. The molecule has 2 unspecified atom stereocenters. The number of carbonyl (C=O) groups is 1. The normalized spacial score (nSPS) is 28.7. The van der Waals surface area contributed by atoms with Gasteiger partial charge in [0, 0.05) is 5.03 Å². The van der Waals surface area contributed by atoms with Gasteiger partial charge in [0.25, 0.3) is 0 Å². The van der Waals surface area contributed by atoms with Crippen molar-refractivity contribution in [2.24, 2.45) is 5.92 Å².